The highest BCUT2D eigenvalue weighted by atomic mass is 32.1. The normalized spacial score (nSPS) is 26.4. The minimum absolute atomic E-state index is 0.122. The minimum Gasteiger partial charge on any atom is -0.379 e. The molecule has 0 aliphatic carbocycles. The predicted molar refractivity (Wildman–Crippen MR) is 53.2 cm³/mol. The van der Waals surface area contributed by atoms with Crippen molar-refractivity contribution < 1.29 is 4.74 Å². The Hall–Kier alpha value is 0.335. The van der Waals surface area contributed by atoms with Crippen LogP contribution in [0, 0.1) is 0 Å². The van der Waals surface area contributed by atoms with Gasteiger partial charge in [0.1, 0.15) is 7.85 Å². The molecule has 1 aliphatic heterocycles. The van der Waals surface area contributed by atoms with Crippen molar-refractivity contribution in [3.05, 3.63) is 0 Å². The van der Waals surface area contributed by atoms with Crippen LogP contribution in [0.3, 0.4) is 0 Å². The van der Waals surface area contributed by atoms with Crippen LogP contribution in [0.1, 0.15) is 6.92 Å². The lowest BCUT2D eigenvalue weighted by atomic mass is 9.87. The molecule has 0 N–H and O–H groups in total. The lowest BCUT2D eigenvalue weighted by molar-refractivity contribution is 0.0374. The van der Waals surface area contributed by atoms with Crippen molar-refractivity contribution in [2.45, 2.75) is 11.6 Å². The van der Waals surface area contributed by atoms with E-state index in [1.807, 2.05) is 0 Å². The van der Waals surface area contributed by atoms with E-state index in [2.05, 4.69) is 32.3 Å². The second kappa shape index (κ2) is 3.83. The van der Waals surface area contributed by atoms with E-state index in [1.54, 1.807) is 0 Å². The van der Waals surface area contributed by atoms with E-state index < -0.39 is 0 Å². The molecule has 0 bridgehead atoms. The topological polar surface area (TPSA) is 12.5 Å². The van der Waals surface area contributed by atoms with E-state index in [9.17, 15) is 0 Å². The van der Waals surface area contributed by atoms with E-state index in [1.165, 1.54) is 0 Å². The van der Waals surface area contributed by atoms with Crippen molar-refractivity contribution in [2.75, 3.05) is 32.8 Å². The summed E-state index contributed by atoms with van der Waals surface area (Å²) in [6.45, 7) is 7.08. The zero-order valence-corrected chi connectivity index (χ0v) is 8.23. The Labute approximate surface area is 75.1 Å². The van der Waals surface area contributed by atoms with Crippen LogP contribution in [0.25, 0.3) is 0 Å². The standard InChI is InChI=1S/C7H16BNOS/c1-7(8,11)6-9-2-4-10-5-3-9/h11H,2-6,8H2,1H3. The maximum atomic E-state index is 5.25. The van der Waals surface area contributed by atoms with E-state index in [0.29, 0.717) is 0 Å². The Morgan fingerprint density at radius 3 is 2.55 bits per heavy atom. The van der Waals surface area contributed by atoms with Crippen LogP contribution in [0.5, 0.6) is 0 Å². The van der Waals surface area contributed by atoms with E-state index in [4.69, 9.17) is 4.74 Å². The molecule has 11 heavy (non-hydrogen) atoms. The molecule has 0 radical (unpaired) electrons. The van der Waals surface area contributed by atoms with Crippen LogP contribution in [0.2, 0.25) is 0 Å². The molecule has 0 saturated carbocycles. The van der Waals surface area contributed by atoms with Gasteiger partial charge in [0.25, 0.3) is 0 Å². The number of hydrogen-bond donors (Lipinski definition) is 1. The zero-order valence-electron chi connectivity index (χ0n) is 7.34. The summed E-state index contributed by atoms with van der Waals surface area (Å²) in [7, 11) is 2.14. The Morgan fingerprint density at radius 2 is 2.09 bits per heavy atom. The Morgan fingerprint density at radius 1 is 1.55 bits per heavy atom. The van der Waals surface area contributed by atoms with Gasteiger partial charge >= 0.3 is 0 Å². The third-order valence-corrected chi connectivity index (χ3v) is 1.86. The van der Waals surface area contributed by atoms with Crippen LogP contribution in [-0.2, 0) is 4.74 Å². The summed E-state index contributed by atoms with van der Waals surface area (Å²) < 4.78 is 5.37. The summed E-state index contributed by atoms with van der Waals surface area (Å²) in [5.41, 5.74) is 0. The predicted octanol–water partition coefficient (Wildman–Crippen LogP) is -0.402. The van der Waals surface area contributed by atoms with Gasteiger partial charge in [-0.25, -0.2) is 0 Å². The first-order valence-electron chi connectivity index (χ1n) is 4.10. The SMILES string of the molecule is BC(C)(S)CN1CCOCC1. The Kier molecular flexibility index (Phi) is 3.28. The molecule has 0 aromatic rings. The summed E-state index contributed by atoms with van der Waals surface area (Å²) >= 11 is 4.48. The molecule has 1 atom stereocenters. The van der Waals surface area contributed by atoms with Crippen molar-refractivity contribution in [3.63, 3.8) is 0 Å². The molecule has 2 nitrogen and oxygen atoms in total. The van der Waals surface area contributed by atoms with Crippen LogP contribution in [-0.4, -0.2) is 50.2 Å². The van der Waals surface area contributed by atoms with Gasteiger partial charge in [-0.3, -0.25) is 4.90 Å². The molecule has 0 aromatic heterocycles. The Bertz CT molecular complexity index is 120. The molecule has 1 fully saturated rings. The summed E-state index contributed by atoms with van der Waals surface area (Å²) in [5, 5.41) is 0. The van der Waals surface area contributed by atoms with Crippen molar-refractivity contribution in [2.24, 2.45) is 0 Å². The number of rotatable bonds is 2. The number of thiol groups is 1. The summed E-state index contributed by atoms with van der Waals surface area (Å²) in [6, 6.07) is 0. The smallest absolute Gasteiger partial charge is 0.123 e. The molecule has 4 heteroatoms. The highest BCUT2D eigenvalue weighted by Crippen LogP contribution is 2.10. The van der Waals surface area contributed by atoms with Gasteiger partial charge in [-0.15, -0.1) is 0 Å². The number of ether oxygens (including phenoxy) is 1. The first-order chi connectivity index (χ1) is 5.08. The molecule has 1 aliphatic rings. The monoisotopic (exact) mass is 173 g/mol. The fraction of sp³-hybridized carbons (Fsp3) is 1.00. The first kappa shape index (κ1) is 9.42. The number of nitrogens with zero attached hydrogens (tertiary/aromatic N) is 1. The summed E-state index contributed by atoms with van der Waals surface area (Å²) in [6.07, 6.45) is 0. The van der Waals surface area contributed by atoms with Crippen molar-refractivity contribution in [1.29, 1.82) is 0 Å². The fourth-order valence-corrected chi connectivity index (χ4v) is 1.51. The largest absolute Gasteiger partial charge is 0.379 e. The third kappa shape index (κ3) is 4.04. The van der Waals surface area contributed by atoms with Gasteiger partial charge in [0, 0.05) is 19.6 Å². The summed E-state index contributed by atoms with van der Waals surface area (Å²) in [4.78, 5) is 2.40. The molecule has 1 rings (SSSR count). The Balaban J connectivity index is 2.24. The lowest BCUT2D eigenvalue weighted by Crippen LogP contribution is -2.43. The van der Waals surface area contributed by atoms with Crippen molar-refractivity contribution in [3.8, 4) is 0 Å². The van der Waals surface area contributed by atoms with Gasteiger partial charge in [0.15, 0.2) is 0 Å². The van der Waals surface area contributed by atoms with Gasteiger partial charge in [0.05, 0.1) is 13.2 Å². The molecular formula is C7H16BNOS. The molecule has 1 heterocycles. The highest BCUT2D eigenvalue weighted by molar-refractivity contribution is 7.83. The van der Waals surface area contributed by atoms with Gasteiger partial charge in [0.2, 0.25) is 0 Å². The molecule has 1 saturated heterocycles. The molecule has 0 amide bonds. The molecule has 64 valence electrons. The van der Waals surface area contributed by atoms with E-state index in [0.717, 1.165) is 32.8 Å². The van der Waals surface area contributed by atoms with Crippen LogP contribution >= 0.6 is 12.6 Å². The van der Waals surface area contributed by atoms with Crippen molar-refractivity contribution >= 4 is 20.5 Å². The van der Waals surface area contributed by atoms with Gasteiger partial charge in [-0.1, -0.05) is 6.92 Å². The number of hydrogen-bond acceptors (Lipinski definition) is 3. The average molecular weight is 173 g/mol. The van der Waals surface area contributed by atoms with Crippen LogP contribution < -0.4 is 0 Å². The fourth-order valence-electron chi connectivity index (χ4n) is 1.31. The second-order valence-electron chi connectivity index (χ2n) is 3.70. The minimum atomic E-state index is 0.122. The molecule has 0 spiro atoms. The van der Waals surface area contributed by atoms with E-state index in [-0.39, 0.29) is 4.65 Å². The first-order valence-corrected chi connectivity index (χ1v) is 4.55. The maximum absolute atomic E-state index is 5.25. The molecular weight excluding hydrogens is 157 g/mol. The quantitative estimate of drug-likeness (QED) is 0.450. The third-order valence-electron chi connectivity index (χ3n) is 1.71. The highest BCUT2D eigenvalue weighted by Gasteiger charge is 2.18. The number of morpholine rings is 1. The van der Waals surface area contributed by atoms with Crippen molar-refractivity contribution in [1.82, 2.24) is 4.90 Å². The van der Waals surface area contributed by atoms with E-state index >= 15 is 0 Å². The van der Waals surface area contributed by atoms with Crippen LogP contribution in [0.4, 0.5) is 0 Å². The van der Waals surface area contributed by atoms with Gasteiger partial charge in [-0.05, 0) is 4.65 Å². The maximum Gasteiger partial charge on any atom is 0.123 e. The lowest BCUT2D eigenvalue weighted by Gasteiger charge is -2.32. The van der Waals surface area contributed by atoms with Gasteiger partial charge < -0.3 is 4.74 Å². The van der Waals surface area contributed by atoms with Gasteiger partial charge in [-0.2, -0.15) is 12.6 Å². The summed E-state index contributed by atoms with van der Waals surface area (Å²) in [5.74, 6) is 0. The molecule has 0 aromatic carbocycles. The zero-order chi connectivity index (χ0) is 8.32. The second-order valence-corrected chi connectivity index (χ2v) is 4.91. The average Bonchev–Trinajstić information content (AvgIpc) is 1.85. The molecule has 1 unspecified atom stereocenters. The van der Waals surface area contributed by atoms with Crippen LogP contribution in [0.15, 0.2) is 0 Å².